The first-order valence-corrected chi connectivity index (χ1v) is 11.3. The first kappa shape index (κ1) is 25.9. The highest BCUT2D eigenvalue weighted by Gasteiger charge is 2.30. The summed E-state index contributed by atoms with van der Waals surface area (Å²) in [6.45, 7) is 14.2. The van der Waals surface area contributed by atoms with Crippen molar-refractivity contribution in [2.45, 2.75) is 84.0 Å². The average molecular weight is 443 g/mol. The molecule has 0 spiro atoms. The predicted molar refractivity (Wildman–Crippen MR) is 115 cm³/mol. The minimum atomic E-state index is -3.96. The molecule has 0 fully saturated rings. The molecule has 1 amide bonds. The first-order valence-electron chi connectivity index (χ1n) is 9.86. The zero-order valence-corrected chi connectivity index (χ0v) is 20.1. The first-order chi connectivity index (χ1) is 13.6. The fourth-order valence-corrected chi connectivity index (χ4v) is 4.68. The van der Waals surface area contributed by atoms with Crippen LogP contribution in [0.1, 0.15) is 65.7 Å². The fraction of sp³-hybridized carbons (Fsp3) is 0.619. The largest absolute Gasteiger partial charge is 0.495 e. The van der Waals surface area contributed by atoms with Crippen molar-refractivity contribution in [2.24, 2.45) is 0 Å². The molecule has 170 valence electrons. The lowest BCUT2D eigenvalue weighted by Gasteiger charge is -2.32. The maximum atomic E-state index is 12.8. The van der Waals surface area contributed by atoms with Gasteiger partial charge in [-0.05, 0) is 73.6 Å². The molecule has 1 rings (SSSR count). The molecule has 1 unspecified atom stereocenters. The van der Waals surface area contributed by atoms with E-state index >= 15 is 0 Å². The molecule has 0 saturated heterocycles. The van der Waals surface area contributed by atoms with Gasteiger partial charge in [-0.25, -0.2) is 17.9 Å². The number of methoxy groups -OCH3 is 1. The second-order valence-electron chi connectivity index (χ2n) is 8.70. The smallest absolute Gasteiger partial charge is 0.338 e. The molecule has 0 aliphatic heterocycles. The van der Waals surface area contributed by atoms with Gasteiger partial charge in [0, 0.05) is 17.6 Å². The van der Waals surface area contributed by atoms with Crippen LogP contribution in [0.5, 0.6) is 5.75 Å². The molecule has 0 saturated carbocycles. The minimum absolute atomic E-state index is 0.00498. The number of carbonyl (C=O) groups is 2. The predicted octanol–water partition coefficient (Wildman–Crippen LogP) is 2.96. The zero-order valence-electron chi connectivity index (χ0n) is 19.3. The third-order valence-electron chi connectivity index (χ3n) is 4.13. The highest BCUT2D eigenvalue weighted by molar-refractivity contribution is 7.89. The topological polar surface area (TPSA) is 102 Å². The van der Waals surface area contributed by atoms with Gasteiger partial charge in [-0.3, -0.25) is 4.79 Å². The number of hydrogen-bond donors (Lipinski definition) is 1. The number of nitrogens with zero attached hydrogens (tertiary/aromatic N) is 1. The Morgan fingerprint density at radius 3 is 2.00 bits per heavy atom. The van der Waals surface area contributed by atoms with Crippen molar-refractivity contribution < 1.29 is 27.5 Å². The molecule has 9 heteroatoms. The fourth-order valence-electron chi connectivity index (χ4n) is 3.07. The van der Waals surface area contributed by atoms with Crippen LogP contribution in [-0.4, -0.2) is 56.0 Å². The van der Waals surface area contributed by atoms with Crippen LogP contribution in [-0.2, 0) is 19.6 Å². The van der Waals surface area contributed by atoms with Gasteiger partial charge in [-0.2, -0.15) is 0 Å². The minimum Gasteiger partial charge on any atom is -0.495 e. The Morgan fingerprint density at radius 2 is 1.57 bits per heavy atom. The monoisotopic (exact) mass is 442 g/mol. The lowest BCUT2D eigenvalue weighted by molar-refractivity contribution is -0.143. The van der Waals surface area contributed by atoms with E-state index in [1.54, 1.807) is 25.7 Å². The van der Waals surface area contributed by atoms with E-state index in [-0.39, 0.29) is 34.2 Å². The molecular formula is C21H34N2O6S. The molecule has 0 aliphatic rings. The Kier molecular flexibility index (Phi) is 8.45. The molecule has 0 bridgehead atoms. The standard InChI is InChI=1S/C21H34N2O6S/c1-13(2)23(14(3)4)19(24)15(5)29-20(25)16-10-11-17(28-9)18(12-16)30(26,27)22-21(6,7)8/h10-15,22H,1-9H3. The van der Waals surface area contributed by atoms with Gasteiger partial charge < -0.3 is 14.4 Å². The van der Waals surface area contributed by atoms with E-state index in [4.69, 9.17) is 9.47 Å². The highest BCUT2D eigenvalue weighted by Crippen LogP contribution is 2.26. The molecule has 0 aromatic heterocycles. The van der Waals surface area contributed by atoms with Gasteiger partial charge in [0.2, 0.25) is 10.0 Å². The van der Waals surface area contributed by atoms with E-state index in [9.17, 15) is 18.0 Å². The van der Waals surface area contributed by atoms with Crippen LogP contribution in [0.4, 0.5) is 0 Å². The normalized spacial score (nSPS) is 13.3. The summed E-state index contributed by atoms with van der Waals surface area (Å²) in [5.74, 6) is -1.01. The summed E-state index contributed by atoms with van der Waals surface area (Å²) in [4.78, 5) is 26.8. The van der Waals surface area contributed by atoms with Gasteiger partial charge in [0.15, 0.2) is 6.10 Å². The summed E-state index contributed by atoms with van der Waals surface area (Å²) in [6.07, 6.45) is -1.02. The summed E-state index contributed by atoms with van der Waals surface area (Å²) in [5, 5.41) is 0. The van der Waals surface area contributed by atoms with Gasteiger partial charge in [-0.15, -0.1) is 0 Å². The Bertz CT molecular complexity index is 864. The van der Waals surface area contributed by atoms with Gasteiger partial charge in [0.05, 0.1) is 12.7 Å². The van der Waals surface area contributed by atoms with E-state index in [1.165, 1.54) is 32.2 Å². The van der Waals surface area contributed by atoms with Crippen LogP contribution in [0.2, 0.25) is 0 Å². The number of amides is 1. The maximum Gasteiger partial charge on any atom is 0.338 e. The number of rotatable bonds is 8. The Hall–Kier alpha value is -2.13. The van der Waals surface area contributed by atoms with Crippen molar-refractivity contribution in [3.05, 3.63) is 23.8 Å². The molecule has 1 aromatic rings. The summed E-state index contributed by atoms with van der Waals surface area (Å²) in [7, 11) is -2.61. The molecule has 8 nitrogen and oxygen atoms in total. The molecule has 1 atom stereocenters. The lowest BCUT2D eigenvalue weighted by atomic mass is 10.1. The van der Waals surface area contributed by atoms with Crippen LogP contribution in [0.25, 0.3) is 0 Å². The second-order valence-corrected chi connectivity index (χ2v) is 10.4. The summed E-state index contributed by atoms with van der Waals surface area (Å²) in [5.41, 5.74) is -0.719. The van der Waals surface area contributed by atoms with Crippen LogP contribution in [0.3, 0.4) is 0 Å². The van der Waals surface area contributed by atoms with Crippen molar-refractivity contribution in [3.63, 3.8) is 0 Å². The van der Waals surface area contributed by atoms with Crippen molar-refractivity contribution in [2.75, 3.05) is 7.11 Å². The van der Waals surface area contributed by atoms with Crippen LogP contribution in [0, 0.1) is 0 Å². The van der Waals surface area contributed by atoms with Crippen molar-refractivity contribution in [1.29, 1.82) is 0 Å². The van der Waals surface area contributed by atoms with Crippen molar-refractivity contribution in [1.82, 2.24) is 9.62 Å². The number of benzene rings is 1. The molecule has 1 N–H and O–H groups in total. The van der Waals surface area contributed by atoms with Crippen LogP contribution in [0.15, 0.2) is 23.1 Å². The van der Waals surface area contributed by atoms with Crippen molar-refractivity contribution in [3.8, 4) is 5.75 Å². The second kappa shape index (κ2) is 9.78. The van der Waals surface area contributed by atoms with Gasteiger partial charge in [0.25, 0.3) is 5.91 Å². The van der Waals surface area contributed by atoms with Crippen LogP contribution < -0.4 is 9.46 Å². The lowest BCUT2D eigenvalue weighted by Crippen LogP contribution is -2.47. The number of ether oxygens (including phenoxy) is 2. The number of esters is 1. The summed E-state index contributed by atoms with van der Waals surface area (Å²) in [6, 6.07) is 3.86. The van der Waals surface area contributed by atoms with Gasteiger partial charge >= 0.3 is 5.97 Å². The molecule has 0 heterocycles. The third-order valence-corrected chi connectivity index (χ3v) is 5.91. The Labute approximate surface area is 180 Å². The van der Waals surface area contributed by atoms with E-state index < -0.39 is 27.6 Å². The summed E-state index contributed by atoms with van der Waals surface area (Å²) < 4.78 is 38.6. The highest BCUT2D eigenvalue weighted by atomic mass is 32.2. The van der Waals surface area contributed by atoms with Crippen LogP contribution >= 0.6 is 0 Å². The van der Waals surface area contributed by atoms with Gasteiger partial charge in [0.1, 0.15) is 10.6 Å². The third kappa shape index (κ3) is 6.70. The van der Waals surface area contributed by atoms with Gasteiger partial charge in [-0.1, -0.05) is 0 Å². The van der Waals surface area contributed by atoms with E-state index in [1.807, 2.05) is 27.7 Å². The number of hydrogen-bond acceptors (Lipinski definition) is 6. The zero-order chi connectivity index (χ0) is 23.4. The molecule has 1 aromatic carbocycles. The quantitative estimate of drug-likeness (QED) is 0.621. The molecule has 30 heavy (non-hydrogen) atoms. The maximum absolute atomic E-state index is 12.8. The molecule has 0 radical (unpaired) electrons. The number of sulfonamides is 1. The Balaban J connectivity index is 3.19. The Morgan fingerprint density at radius 1 is 1.03 bits per heavy atom. The van der Waals surface area contributed by atoms with Crippen molar-refractivity contribution >= 4 is 21.9 Å². The molecular weight excluding hydrogens is 408 g/mol. The van der Waals surface area contributed by atoms with E-state index in [0.29, 0.717) is 0 Å². The summed E-state index contributed by atoms with van der Waals surface area (Å²) >= 11 is 0. The van der Waals surface area contributed by atoms with E-state index in [0.717, 1.165) is 0 Å². The number of carbonyl (C=O) groups excluding carboxylic acids is 2. The average Bonchev–Trinajstić information content (AvgIpc) is 2.58. The molecule has 0 aliphatic carbocycles. The van der Waals surface area contributed by atoms with E-state index in [2.05, 4.69) is 4.72 Å². The SMILES string of the molecule is COc1ccc(C(=O)OC(C)C(=O)N(C(C)C)C(C)C)cc1S(=O)(=O)NC(C)(C)C. The number of nitrogens with one attached hydrogen (secondary N) is 1.